The number of nitrogens with two attached hydrogens (primary N) is 2. The number of carbonyl (C=O) groups excluding carboxylic acids is 1. The van der Waals surface area contributed by atoms with Crippen LogP contribution in [-0.2, 0) is 21.2 Å². The van der Waals surface area contributed by atoms with Crippen molar-refractivity contribution >= 4 is 21.6 Å². The van der Waals surface area contributed by atoms with Crippen molar-refractivity contribution < 1.29 is 13.2 Å². The summed E-state index contributed by atoms with van der Waals surface area (Å²) in [5, 5.41) is 0. The molecule has 1 aliphatic heterocycles. The van der Waals surface area contributed by atoms with Gasteiger partial charge < -0.3 is 11.5 Å². The van der Waals surface area contributed by atoms with Crippen LogP contribution >= 0.6 is 0 Å². The topological polar surface area (TPSA) is 106 Å². The molecule has 7 heteroatoms. The van der Waals surface area contributed by atoms with Gasteiger partial charge in [0.2, 0.25) is 15.9 Å². The third kappa shape index (κ3) is 2.51. The monoisotopic (exact) mass is 297 g/mol. The molecule has 1 aromatic rings. The highest BCUT2D eigenvalue weighted by molar-refractivity contribution is 7.89. The zero-order valence-electron chi connectivity index (χ0n) is 11.4. The Labute approximate surface area is 118 Å². The second kappa shape index (κ2) is 5.41. The van der Waals surface area contributed by atoms with Crippen LogP contribution in [0.5, 0.6) is 0 Å². The van der Waals surface area contributed by atoms with E-state index >= 15 is 0 Å². The van der Waals surface area contributed by atoms with E-state index in [1.54, 1.807) is 12.1 Å². The number of benzene rings is 1. The summed E-state index contributed by atoms with van der Waals surface area (Å²) in [6.07, 6.45) is 1.68. The second-order valence-electron chi connectivity index (χ2n) is 4.90. The SMILES string of the molecule is CCc1ccc(N)cc1S(=O)(=O)N1CCCC1C(N)=O. The van der Waals surface area contributed by atoms with Gasteiger partial charge in [-0.15, -0.1) is 0 Å². The molecule has 0 aromatic heterocycles. The molecule has 1 fully saturated rings. The van der Waals surface area contributed by atoms with E-state index in [-0.39, 0.29) is 4.90 Å². The summed E-state index contributed by atoms with van der Waals surface area (Å²) < 4.78 is 26.7. The molecule has 20 heavy (non-hydrogen) atoms. The highest BCUT2D eigenvalue weighted by Gasteiger charge is 2.39. The number of rotatable bonds is 4. The van der Waals surface area contributed by atoms with Gasteiger partial charge in [-0.05, 0) is 37.0 Å². The van der Waals surface area contributed by atoms with Crippen molar-refractivity contribution in [2.45, 2.75) is 37.1 Å². The van der Waals surface area contributed by atoms with Crippen molar-refractivity contribution in [3.63, 3.8) is 0 Å². The number of primary amides is 1. The maximum atomic E-state index is 12.7. The van der Waals surface area contributed by atoms with Gasteiger partial charge in [0.05, 0.1) is 4.90 Å². The maximum Gasteiger partial charge on any atom is 0.244 e. The van der Waals surface area contributed by atoms with E-state index in [2.05, 4.69) is 0 Å². The van der Waals surface area contributed by atoms with Gasteiger partial charge in [-0.25, -0.2) is 8.42 Å². The van der Waals surface area contributed by atoms with E-state index in [1.165, 1.54) is 10.4 Å². The predicted molar refractivity (Wildman–Crippen MR) is 76.3 cm³/mol. The van der Waals surface area contributed by atoms with Crippen molar-refractivity contribution in [3.05, 3.63) is 23.8 Å². The van der Waals surface area contributed by atoms with Crippen LogP contribution in [-0.4, -0.2) is 31.2 Å². The lowest BCUT2D eigenvalue weighted by Gasteiger charge is -2.23. The van der Waals surface area contributed by atoms with E-state index in [0.29, 0.717) is 37.1 Å². The van der Waals surface area contributed by atoms with Crippen LogP contribution in [0.1, 0.15) is 25.3 Å². The summed E-state index contributed by atoms with van der Waals surface area (Å²) in [5.74, 6) is -0.604. The van der Waals surface area contributed by atoms with Crippen molar-refractivity contribution in [2.24, 2.45) is 5.73 Å². The van der Waals surface area contributed by atoms with Crippen LogP contribution in [0.3, 0.4) is 0 Å². The van der Waals surface area contributed by atoms with Gasteiger partial charge in [-0.1, -0.05) is 13.0 Å². The molecular formula is C13H19N3O3S. The summed E-state index contributed by atoms with van der Waals surface area (Å²) in [6.45, 7) is 2.19. The molecule has 0 saturated carbocycles. The first-order valence-corrected chi connectivity index (χ1v) is 8.01. The lowest BCUT2D eigenvalue weighted by atomic mass is 10.1. The molecule has 1 aromatic carbocycles. The molecule has 0 spiro atoms. The van der Waals surface area contributed by atoms with Crippen LogP contribution < -0.4 is 11.5 Å². The summed E-state index contributed by atoms with van der Waals surface area (Å²) in [7, 11) is -3.75. The van der Waals surface area contributed by atoms with Crippen LogP contribution in [0.2, 0.25) is 0 Å². The zero-order chi connectivity index (χ0) is 14.9. The highest BCUT2D eigenvalue weighted by Crippen LogP contribution is 2.29. The number of aryl methyl sites for hydroxylation is 1. The number of carbonyl (C=O) groups is 1. The molecule has 6 nitrogen and oxygen atoms in total. The molecule has 1 saturated heterocycles. The van der Waals surface area contributed by atoms with Crippen LogP contribution in [0.25, 0.3) is 0 Å². The zero-order valence-corrected chi connectivity index (χ0v) is 12.2. The number of hydrogen-bond acceptors (Lipinski definition) is 4. The molecule has 110 valence electrons. The molecule has 1 aliphatic rings. The minimum Gasteiger partial charge on any atom is -0.399 e. The Morgan fingerprint density at radius 2 is 2.15 bits per heavy atom. The Bertz CT molecular complexity index is 628. The second-order valence-corrected chi connectivity index (χ2v) is 6.76. The standard InChI is InChI=1S/C13H19N3O3S/c1-2-9-5-6-10(14)8-12(9)20(18,19)16-7-3-4-11(16)13(15)17/h5-6,8,11H,2-4,7,14H2,1H3,(H2,15,17). The van der Waals surface area contributed by atoms with Crippen molar-refractivity contribution in [2.75, 3.05) is 12.3 Å². The van der Waals surface area contributed by atoms with Gasteiger partial charge in [-0.3, -0.25) is 4.79 Å². The molecule has 4 N–H and O–H groups in total. The first kappa shape index (κ1) is 14.8. The average Bonchev–Trinajstić information content (AvgIpc) is 2.88. The van der Waals surface area contributed by atoms with Crippen molar-refractivity contribution in [1.29, 1.82) is 0 Å². The van der Waals surface area contributed by atoms with E-state index in [9.17, 15) is 13.2 Å². The van der Waals surface area contributed by atoms with Gasteiger partial charge in [0.15, 0.2) is 0 Å². The Morgan fingerprint density at radius 1 is 1.45 bits per heavy atom. The lowest BCUT2D eigenvalue weighted by Crippen LogP contribution is -2.43. The Balaban J connectivity index is 2.50. The summed E-state index contributed by atoms with van der Waals surface area (Å²) in [4.78, 5) is 11.6. The van der Waals surface area contributed by atoms with E-state index < -0.39 is 22.0 Å². The van der Waals surface area contributed by atoms with Crippen LogP contribution in [0.15, 0.2) is 23.1 Å². The molecule has 1 unspecified atom stereocenters. The Hall–Kier alpha value is -1.60. The van der Waals surface area contributed by atoms with E-state index in [0.717, 1.165) is 0 Å². The fourth-order valence-corrected chi connectivity index (χ4v) is 4.54. The minimum absolute atomic E-state index is 0.174. The van der Waals surface area contributed by atoms with Gasteiger partial charge in [0.25, 0.3) is 0 Å². The van der Waals surface area contributed by atoms with Gasteiger partial charge in [-0.2, -0.15) is 4.31 Å². The molecule has 2 rings (SSSR count). The lowest BCUT2D eigenvalue weighted by molar-refractivity contribution is -0.121. The largest absolute Gasteiger partial charge is 0.399 e. The molecule has 0 radical (unpaired) electrons. The maximum absolute atomic E-state index is 12.7. The van der Waals surface area contributed by atoms with Gasteiger partial charge in [0.1, 0.15) is 6.04 Å². The molecule has 1 amide bonds. The highest BCUT2D eigenvalue weighted by atomic mass is 32.2. The number of amides is 1. The first-order chi connectivity index (χ1) is 9.37. The molecule has 1 atom stereocenters. The van der Waals surface area contributed by atoms with Gasteiger partial charge >= 0.3 is 0 Å². The normalized spacial score (nSPS) is 20.1. The number of hydrogen-bond donors (Lipinski definition) is 2. The number of nitrogen functional groups attached to an aromatic ring is 1. The number of anilines is 1. The molecule has 0 aliphatic carbocycles. The predicted octanol–water partition coefficient (Wildman–Crippen LogP) is 0.470. The average molecular weight is 297 g/mol. The Kier molecular flexibility index (Phi) is 4.01. The minimum atomic E-state index is -3.75. The third-order valence-corrected chi connectivity index (χ3v) is 5.58. The molecular weight excluding hydrogens is 278 g/mol. The summed E-state index contributed by atoms with van der Waals surface area (Å²) >= 11 is 0. The fourth-order valence-electron chi connectivity index (χ4n) is 2.54. The summed E-state index contributed by atoms with van der Waals surface area (Å²) in [5.41, 5.74) is 12.1. The number of sulfonamides is 1. The smallest absolute Gasteiger partial charge is 0.244 e. The molecule has 0 bridgehead atoms. The van der Waals surface area contributed by atoms with Crippen molar-refractivity contribution in [1.82, 2.24) is 4.31 Å². The fraction of sp³-hybridized carbons (Fsp3) is 0.462. The quantitative estimate of drug-likeness (QED) is 0.788. The van der Waals surface area contributed by atoms with Crippen LogP contribution in [0.4, 0.5) is 5.69 Å². The third-order valence-electron chi connectivity index (χ3n) is 3.59. The van der Waals surface area contributed by atoms with Crippen molar-refractivity contribution in [3.8, 4) is 0 Å². The molecule has 1 heterocycles. The van der Waals surface area contributed by atoms with E-state index in [4.69, 9.17) is 11.5 Å². The number of nitrogens with zero attached hydrogens (tertiary/aromatic N) is 1. The van der Waals surface area contributed by atoms with Crippen LogP contribution in [0, 0.1) is 0 Å². The first-order valence-electron chi connectivity index (χ1n) is 6.57. The van der Waals surface area contributed by atoms with Gasteiger partial charge in [0, 0.05) is 12.2 Å². The summed E-state index contributed by atoms with van der Waals surface area (Å²) in [6, 6.07) is 4.07. The Morgan fingerprint density at radius 3 is 2.75 bits per heavy atom. The van der Waals surface area contributed by atoms with E-state index in [1.807, 2.05) is 6.92 Å².